The van der Waals surface area contributed by atoms with Crippen LogP contribution in [0, 0.1) is 23.1 Å². The molecular weight excluding hydrogens is 457 g/mol. The zero-order chi connectivity index (χ0) is 25.1. The summed E-state index contributed by atoms with van der Waals surface area (Å²) in [4.78, 5) is 28.5. The number of halogens is 1. The van der Waals surface area contributed by atoms with Crippen LogP contribution in [0.4, 0.5) is 4.39 Å². The summed E-state index contributed by atoms with van der Waals surface area (Å²) in [5.74, 6) is -0.323. The van der Waals surface area contributed by atoms with E-state index in [0.29, 0.717) is 25.1 Å². The molecule has 36 heavy (non-hydrogen) atoms. The van der Waals surface area contributed by atoms with Gasteiger partial charge in [-0.3, -0.25) is 14.5 Å². The van der Waals surface area contributed by atoms with Gasteiger partial charge in [0.05, 0.1) is 18.4 Å². The second-order valence-electron chi connectivity index (χ2n) is 10.8. The lowest BCUT2D eigenvalue weighted by Crippen LogP contribution is -2.51. The highest BCUT2D eigenvalue weighted by atomic mass is 19.1. The van der Waals surface area contributed by atoms with Crippen molar-refractivity contribution in [1.29, 1.82) is 0 Å². The maximum Gasteiger partial charge on any atom is 0.312 e. The number of hydrogen-bond donors (Lipinski definition) is 0. The van der Waals surface area contributed by atoms with Crippen LogP contribution in [0.5, 0.6) is 0 Å². The molecule has 2 atom stereocenters. The molecule has 1 saturated heterocycles. The lowest BCUT2D eigenvalue weighted by molar-refractivity contribution is -0.162. The number of hydrogen-bond acceptors (Lipinski definition) is 5. The molecule has 0 amide bonds. The third-order valence-corrected chi connectivity index (χ3v) is 8.79. The van der Waals surface area contributed by atoms with Gasteiger partial charge in [-0.05, 0) is 86.6 Å². The van der Waals surface area contributed by atoms with Crippen LogP contribution in [0.15, 0.2) is 54.6 Å². The summed E-state index contributed by atoms with van der Waals surface area (Å²) in [6.45, 7) is 1.85. The Bertz CT molecular complexity index is 1040. The van der Waals surface area contributed by atoms with Crippen molar-refractivity contribution in [2.45, 2.75) is 63.5 Å². The zero-order valence-electron chi connectivity index (χ0n) is 21.0. The minimum atomic E-state index is -0.362. The normalized spacial score (nSPS) is 28.9. The zero-order valence-corrected chi connectivity index (χ0v) is 21.0. The highest BCUT2D eigenvalue weighted by Gasteiger charge is 2.54. The van der Waals surface area contributed by atoms with Gasteiger partial charge in [-0.1, -0.05) is 42.5 Å². The van der Waals surface area contributed by atoms with E-state index in [9.17, 15) is 14.0 Å². The van der Waals surface area contributed by atoms with Crippen LogP contribution in [0.1, 0.15) is 62.0 Å². The Hall–Kier alpha value is -2.73. The summed E-state index contributed by atoms with van der Waals surface area (Å²) in [5.41, 5.74) is 1.65. The minimum absolute atomic E-state index is 0.0245. The number of piperidine rings is 1. The van der Waals surface area contributed by atoms with E-state index in [1.165, 1.54) is 19.2 Å². The van der Waals surface area contributed by atoms with Crippen molar-refractivity contribution >= 4 is 11.9 Å². The van der Waals surface area contributed by atoms with Crippen LogP contribution in [0.2, 0.25) is 0 Å². The standard InChI is InChI=1S/C30H36FNO4/c1-35-28(33)27-19-32(18-15-26(27)22-7-11-24(31)12-8-22)25-13-16-30(17-14-25,23-9-10-23)29(34)36-20-21-5-3-2-4-6-21/h2-8,11-12,23,25-27H,9-10,13-20H2,1H3/t25-,26-,27+,30+/m0/s1. The van der Waals surface area contributed by atoms with Gasteiger partial charge in [0, 0.05) is 12.6 Å². The largest absolute Gasteiger partial charge is 0.469 e. The minimum Gasteiger partial charge on any atom is -0.469 e. The predicted octanol–water partition coefficient (Wildman–Crippen LogP) is 5.49. The van der Waals surface area contributed by atoms with Gasteiger partial charge in [0.2, 0.25) is 0 Å². The van der Waals surface area contributed by atoms with Crippen LogP contribution >= 0.6 is 0 Å². The molecule has 5 nitrogen and oxygen atoms in total. The van der Waals surface area contributed by atoms with E-state index in [1.807, 2.05) is 30.3 Å². The maximum atomic E-state index is 13.5. The summed E-state index contributed by atoms with van der Waals surface area (Å²) in [5, 5.41) is 0. The summed E-state index contributed by atoms with van der Waals surface area (Å²) in [6, 6.07) is 16.7. The molecule has 1 aliphatic heterocycles. The fourth-order valence-corrected chi connectivity index (χ4v) is 6.57. The molecule has 2 saturated carbocycles. The molecule has 2 aliphatic carbocycles. The van der Waals surface area contributed by atoms with Gasteiger partial charge in [-0.15, -0.1) is 0 Å². The average molecular weight is 494 g/mol. The van der Waals surface area contributed by atoms with Crippen LogP contribution < -0.4 is 0 Å². The Labute approximate surface area is 213 Å². The molecule has 0 aromatic heterocycles. The Balaban J connectivity index is 1.23. The number of likely N-dealkylation sites (tertiary alicyclic amines) is 1. The Morgan fingerprint density at radius 3 is 2.31 bits per heavy atom. The predicted molar refractivity (Wildman–Crippen MR) is 134 cm³/mol. The summed E-state index contributed by atoms with van der Waals surface area (Å²) in [6.07, 6.45) is 6.61. The molecule has 0 spiro atoms. The van der Waals surface area contributed by atoms with Crippen LogP contribution in [0.25, 0.3) is 0 Å². The number of ether oxygens (including phenoxy) is 2. The van der Waals surface area contributed by atoms with Crippen molar-refractivity contribution in [3.63, 3.8) is 0 Å². The first-order valence-electron chi connectivity index (χ1n) is 13.3. The fraction of sp³-hybridized carbons (Fsp3) is 0.533. The van der Waals surface area contributed by atoms with E-state index in [-0.39, 0.29) is 35.0 Å². The third kappa shape index (κ3) is 5.19. The highest BCUT2D eigenvalue weighted by Crippen LogP contribution is 2.55. The summed E-state index contributed by atoms with van der Waals surface area (Å²) < 4.78 is 24.5. The van der Waals surface area contributed by atoms with Crippen molar-refractivity contribution in [3.05, 3.63) is 71.5 Å². The van der Waals surface area contributed by atoms with Gasteiger partial charge in [0.15, 0.2) is 0 Å². The molecule has 192 valence electrons. The number of benzene rings is 2. The number of esters is 2. The number of carbonyl (C=O) groups excluding carboxylic acids is 2. The van der Waals surface area contributed by atoms with Crippen molar-refractivity contribution in [1.82, 2.24) is 4.90 Å². The highest BCUT2D eigenvalue weighted by molar-refractivity contribution is 5.78. The van der Waals surface area contributed by atoms with E-state index in [2.05, 4.69) is 4.90 Å². The molecule has 0 unspecified atom stereocenters. The van der Waals surface area contributed by atoms with Crippen molar-refractivity contribution in [2.24, 2.45) is 17.3 Å². The lowest BCUT2D eigenvalue weighted by Gasteiger charge is -2.46. The smallest absolute Gasteiger partial charge is 0.312 e. The van der Waals surface area contributed by atoms with Gasteiger partial charge < -0.3 is 9.47 Å². The molecule has 0 N–H and O–H groups in total. The van der Waals surface area contributed by atoms with Gasteiger partial charge in [-0.2, -0.15) is 0 Å². The lowest BCUT2D eigenvalue weighted by atomic mass is 9.68. The quantitative estimate of drug-likeness (QED) is 0.478. The Kier molecular flexibility index (Phi) is 7.42. The number of nitrogens with zero attached hydrogens (tertiary/aromatic N) is 1. The molecule has 1 heterocycles. The topological polar surface area (TPSA) is 55.8 Å². The SMILES string of the molecule is COC(=O)[C@@H]1CN([C@H]2CC[C@](C(=O)OCc3ccccc3)(C3CC3)CC2)CC[C@H]1c1ccc(F)cc1. The number of rotatable bonds is 7. The van der Waals surface area contributed by atoms with E-state index in [1.54, 1.807) is 12.1 Å². The second-order valence-corrected chi connectivity index (χ2v) is 10.8. The maximum absolute atomic E-state index is 13.5. The molecule has 6 heteroatoms. The molecule has 2 aromatic rings. The molecule has 3 fully saturated rings. The van der Waals surface area contributed by atoms with E-state index in [0.717, 1.165) is 62.6 Å². The molecule has 3 aliphatic rings. The van der Waals surface area contributed by atoms with Gasteiger partial charge >= 0.3 is 11.9 Å². The molecule has 0 radical (unpaired) electrons. The number of carbonyl (C=O) groups is 2. The average Bonchev–Trinajstić information content (AvgIpc) is 3.78. The second kappa shape index (κ2) is 10.7. The first-order chi connectivity index (χ1) is 17.5. The summed E-state index contributed by atoms with van der Waals surface area (Å²) in [7, 11) is 1.44. The van der Waals surface area contributed by atoms with E-state index >= 15 is 0 Å². The molecule has 5 rings (SSSR count). The molecule has 0 bridgehead atoms. The van der Waals surface area contributed by atoms with Crippen molar-refractivity contribution in [3.8, 4) is 0 Å². The van der Waals surface area contributed by atoms with Crippen molar-refractivity contribution < 1.29 is 23.5 Å². The molecule has 2 aromatic carbocycles. The fourth-order valence-electron chi connectivity index (χ4n) is 6.57. The first kappa shape index (κ1) is 24.9. The van der Waals surface area contributed by atoms with Crippen LogP contribution in [-0.2, 0) is 25.7 Å². The van der Waals surface area contributed by atoms with Crippen LogP contribution in [-0.4, -0.2) is 43.1 Å². The monoisotopic (exact) mass is 493 g/mol. The first-order valence-corrected chi connectivity index (χ1v) is 13.3. The Morgan fingerprint density at radius 1 is 0.972 bits per heavy atom. The molecular formula is C30H36FNO4. The van der Waals surface area contributed by atoms with Gasteiger partial charge in [0.1, 0.15) is 12.4 Å². The van der Waals surface area contributed by atoms with Gasteiger partial charge in [0.25, 0.3) is 0 Å². The third-order valence-electron chi connectivity index (χ3n) is 8.79. The van der Waals surface area contributed by atoms with Crippen LogP contribution in [0.3, 0.4) is 0 Å². The summed E-state index contributed by atoms with van der Waals surface area (Å²) >= 11 is 0. The van der Waals surface area contributed by atoms with E-state index in [4.69, 9.17) is 9.47 Å². The number of methoxy groups -OCH3 is 1. The van der Waals surface area contributed by atoms with Crippen molar-refractivity contribution in [2.75, 3.05) is 20.2 Å². The Morgan fingerprint density at radius 2 is 1.67 bits per heavy atom. The van der Waals surface area contributed by atoms with E-state index < -0.39 is 0 Å². The van der Waals surface area contributed by atoms with Gasteiger partial charge in [-0.25, -0.2) is 4.39 Å².